The summed E-state index contributed by atoms with van der Waals surface area (Å²) in [6, 6.07) is 3.97. The van der Waals surface area contributed by atoms with Crippen LogP contribution in [0.2, 0.25) is 5.02 Å². The van der Waals surface area contributed by atoms with E-state index in [4.69, 9.17) is 16.6 Å². The number of rotatable bonds is 3. The molecule has 4 rings (SSSR count). The summed E-state index contributed by atoms with van der Waals surface area (Å²) in [6.45, 7) is 5.38. The molecule has 0 radical (unpaired) electrons. The highest BCUT2D eigenvalue weighted by molar-refractivity contribution is 7.22. The van der Waals surface area contributed by atoms with Gasteiger partial charge in [-0.2, -0.15) is 0 Å². The van der Waals surface area contributed by atoms with Crippen LogP contribution in [0.15, 0.2) is 12.1 Å². The number of hydrogen-bond acceptors (Lipinski definition) is 4. The Morgan fingerprint density at radius 2 is 1.92 bits per heavy atom. The second-order valence-electron chi connectivity index (χ2n) is 7.61. The van der Waals surface area contributed by atoms with Gasteiger partial charge in [0.25, 0.3) is 0 Å². The van der Waals surface area contributed by atoms with Crippen LogP contribution < -0.4 is 4.90 Å². The Kier molecular flexibility index (Phi) is 5.37. The van der Waals surface area contributed by atoms with Crippen molar-refractivity contribution in [1.29, 1.82) is 0 Å². The lowest BCUT2D eigenvalue weighted by Gasteiger charge is -2.35. The van der Waals surface area contributed by atoms with Gasteiger partial charge in [-0.1, -0.05) is 48.3 Å². The van der Waals surface area contributed by atoms with Crippen LogP contribution >= 0.6 is 22.9 Å². The van der Waals surface area contributed by atoms with Gasteiger partial charge in [-0.05, 0) is 37.3 Å². The quantitative estimate of drug-likeness (QED) is 0.748. The summed E-state index contributed by atoms with van der Waals surface area (Å²) in [7, 11) is 0. The number of fused-ring (bicyclic) bond motifs is 1. The van der Waals surface area contributed by atoms with Crippen LogP contribution in [0.3, 0.4) is 0 Å². The summed E-state index contributed by atoms with van der Waals surface area (Å²) in [5, 5.41) is 1.80. The van der Waals surface area contributed by atoms with Crippen molar-refractivity contribution in [2.75, 3.05) is 31.1 Å². The molecule has 0 spiro atoms. The lowest BCUT2D eigenvalue weighted by Crippen LogP contribution is -2.49. The number of thiazole rings is 1. The normalized spacial score (nSPS) is 19.3. The van der Waals surface area contributed by atoms with Gasteiger partial charge in [0.1, 0.15) is 0 Å². The highest BCUT2D eigenvalue weighted by Crippen LogP contribution is 2.36. The first kappa shape index (κ1) is 18.1. The highest BCUT2D eigenvalue weighted by atomic mass is 35.5. The van der Waals surface area contributed by atoms with Crippen molar-refractivity contribution in [2.24, 2.45) is 5.92 Å². The fourth-order valence-electron chi connectivity index (χ4n) is 4.14. The average Bonchev–Trinajstić information content (AvgIpc) is 3.13. The SMILES string of the molecule is Cc1ccc(Cl)c2sc(N3CCN(C(=O)CC4CCCCC4)CC3)nc12. The van der Waals surface area contributed by atoms with E-state index in [9.17, 15) is 4.79 Å². The van der Waals surface area contributed by atoms with Gasteiger partial charge in [0.05, 0.1) is 15.2 Å². The molecule has 6 heteroatoms. The molecule has 0 bridgehead atoms. The van der Waals surface area contributed by atoms with Gasteiger partial charge in [-0.25, -0.2) is 4.98 Å². The molecule has 1 aromatic carbocycles. The maximum atomic E-state index is 12.6. The molecule has 0 atom stereocenters. The molecular weight excluding hydrogens is 366 g/mol. The summed E-state index contributed by atoms with van der Waals surface area (Å²) >= 11 is 8.00. The minimum Gasteiger partial charge on any atom is -0.345 e. The van der Waals surface area contributed by atoms with Crippen molar-refractivity contribution >= 4 is 44.2 Å². The number of hydrogen-bond donors (Lipinski definition) is 0. The Labute approximate surface area is 164 Å². The second-order valence-corrected chi connectivity index (χ2v) is 9.00. The molecule has 2 aliphatic rings. The molecule has 140 valence electrons. The third kappa shape index (κ3) is 3.70. The fourth-order valence-corrected chi connectivity index (χ4v) is 5.51. The molecule has 2 heterocycles. The van der Waals surface area contributed by atoms with E-state index in [1.807, 2.05) is 12.1 Å². The molecular formula is C20H26ClN3OS. The maximum absolute atomic E-state index is 12.6. The number of amides is 1. The minimum atomic E-state index is 0.347. The smallest absolute Gasteiger partial charge is 0.222 e. The topological polar surface area (TPSA) is 36.4 Å². The summed E-state index contributed by atoms with van der Waals surface area (Å²) in [5.74, 6) is 0.961. The Bertz CT molecular complexity index is 753. The van der Waals surface area contributed by atoms with Gasteiger partial charge < -0.3 is 9.80 Å². The predicted molar refractivity (Wildman–Crippen MR) is 109 cm³/mol. The van der Waals surface area contributed by atoms with E-state index < -0.39 is 0 Å². The zero-order chi connectivity index (χ0) is 18.1. The van der Waals surface area contributed by atoms with E-state index in [1.165, 1.54) is 32.1 Å². The first-order valence-electron chi connectivity index (χ1n) is 9.70. The Morgan fingerprint density at radius 1 is 1.19 bits per heavy atom. The van der Waals surface area contributed by atoms with Gasteiger partial charge in [0.2, 0.25) is 5.91 Å². The number of aryl methyl sites for hydroxylation is 1. The number of benzene rings is 1. The number of piperazine rings is 1. The fraction of sp³-hybridized carbons (Fsp3) is 0.600. The highest BCUT2D eigenvalue weighted by Gasteiger charge is 2.26. The van der Waals surface area contributed by atoms with Crippen LogP contribution in [0, 0.1) is 12.8 Å². The molecule has 2 fully saturated rings. The first-order valence-corrected chi connectivity index (χ1v) is 10.9. The van der Waals surface area contributed by atoms with Crippen LogP contribution in [0.1, 0.15) is 44.1 Å². The third-order valence-electron chi connectivity index (χ3n) is 5.78. The molecule has 0 unspecified atom stereocenters. The van der Waals surface area contributed by atoms with Crippen molar-refractivity contribution in [1.82, 2.24) is 9.88 Å². The number of anilines is 1. The van der Waals surface area contributed by atoms with Crippen LogP contribution in [-0.2, 0) is 4.79 Å². The van der Waals surface area contributed by atoms with Gasteiger partial charge >= 0.3 is 0 Å². The molecule has 1 aliphatic heterocycles. The zero-order valence-electron chi connectivity index (χ0n) is 15.3. The van der Waals surface area contributed by atoms with Gasteiger partial charge in [-0.15, -0.1) is 0 Å². The molecule has 1 aromatic heterocycles. The molecule has 4 nitrogen and oxygen atoms in total. The Morgan fingerprint density at radius 3 is 2.62 bits per heavy atom. The number of nitrogens with zero attached hydrogens (tertiary/aromatic N) is 3. The van der Waals surface area contributed by atoms with E-state index >= 15 is 0 Å². The predicted octanol–water partition coefficient (Wildman–Crippen LogP) is 4.88. The van der Waals surface area contributed by atoms with E-state index in [0.717, 1.165) is 58.5 Å². The standard InChI is InChI=1S/C20H26ClN3OS/c1-14-7-8-16(21)19-18(14)22-20(26-19)24-11-9-23(10-12-24)17(25)13-15-5-3-2-4-6-15/h7-8,15H,2-6,9-13H2,1H3. The number of halogens is 1. The molecule has 26 heavy (non-hydrogen) atoms. The molecule has 0 N–H and O–H groups in total. The summed E-state index contributed by atoms with van der Waals surface area (Å²) in [5.41, 5.74) is 2.17. The van der Waals surface area contributed by atoms with Crippen molar-refractivity contribution < 1.29 is 4.79 Å². The van der Waals surface area contributed by atoms with Crippen molar-refractivity contribution in [2.45, 2.75) is 45.4 Å². The van der Waals surface area contributed by atoms with E-state index in [1.54, 1.807) is 11.3 Å². The molecule has 2 aromatic rings. The Hall–Kier alpha value is -1.33. The first-order chi connectivity index (χ1) is 12.6. The molecule has 1 saturated carbocycles. The molecule has 1 amide bonds. The molecule has 1 saturated heterocycles. The maximum Gasteiger partial charge on any atom is 0.222 e. The minimum absolute atomic E-state index is 0.347. The molecule has 1 aliphatic carbocycles. The van der Waals surface area contributed by atoms with Gasteiger partial charge in [0.15, 0.2) is 5.13 Å². The summed E-state index contributed by atoms with van der Waals surface area (Å²) < 4.78 is 1.07. The van der Waals surface area contributed by atoms with Crippen molar-refractivity contribution in [3.63, 3.8) is 0 Å². The van der Waals surface area contributed by atoms with Gasteiger partial charge in [-0.3, -0.25) is 4.79 Å². The summed E-state index contributed by atoms with van der Waals surface area (Å²) in [6.07, 6.45) is 7.15. The number of carbonyl (C=O) groups is 1. The zero-order valence-corrected chi connectivity index (χ0v) is 16.9. The van der Waals surface area contributed by atoms with Crippen LogP contribution in [0.25, 0.3) is 10.2 Å². The number of carbonyl (C=O) groups excluding carboxylic acids is 1. The monoisotopic (exact) mass is 391 g/mol. The van der Waals surface area contributed by atoms with Crippen molar-refractivity contribution in [3.05, 3.63) is 22.7 Å². The van der Waals surface area contributed by atoms with E-state index in [0.29, 0.717) is 11.8 Å². The number of aromatic nitrogens is 1. The summed E-state index contributed by atoms with van der Waals surface area (Å²) in [4.78, 5) is 21.8. The van der Waals surface area contributed by atoms with Gasteiger partial charge in [0, 0.05) is 32.6 Å². The lowest BCUT2D eigenvalue weighted by atomic mass is 9.86. The Balaban J connectivity index is 1.38. The van der Waals surface area contributed by atoms with E-state index in [-0.39, 0.29) is 0 Å². The van der Waals surface area contributed by atoms with Crippen LogP contribution in [0.5, 0.6) is 0 Å². The third-order valence-corrected chi connectivity index (χ3v) is 7.35. The average molecular weight is 392 g/mol. The van der Waals surface area contributed by atoms with Crippen LogP contribution in [0.4, 0.5) is 5.13 Å². The van der Waals surface area contributed by atoms with Crippen LogP contribution in [-0.4, -0.2) is 42.0 Å². The van der Waals surface area contributed by atoms with E-state index in [2.05, 4.69) is 16.7 Å². The lowest BCUT2D eigenvalue weighted by molar-refractivity contribution is -0.132. The second kappa shape index (κ2) is 7.73. The van der Waals surface area contributed by atoms with Crippen molar-refractivity contribution in [3.8, 4) is 0 Å². The largest absolute Gasteiger partial charge is 0.345 e.